The van der Waals surface area contributed by atoms with E-state index in [9.17, 15) is 18.8 Å². The van der Waals surface area contributed by atoms with E-state index in [0.717, 1.165) is 6.07 Å². The van der Waals surface area contributed by atoms with E-state index < -0.39 is 30.2 Å². The quantitative estimate of drug-likeness (QED) is 0.636. The topological polar surface area (TPSA) is 97.6 Å². The van der Waals surface area contributed by atoms with Crippen molar-refractivity contribution in [3.8, 4) is 0 Å². The summed E-state index contributed by atoms with van der Waals surface area (Å²) in [7, 11) is 0. The van der Waals surface area contributed by atoms with Crippen molar-refractivity contribution in [1.82, 2.24) is 0 Å². The first-order chi connectivity index (χ1) is 13.5. The van der Waals surface area contributed by atoms with Crippen molar-refractivity contribution < 1.29 is 27.9 Å². The Morgan fingerprint density at radius 2 is 1.71 bits per heavy atom. The molecule has 2 N–H and O–H groups in total. The fraction of sp³-hybridized carbons (Fsp3) is 0.0500. The second-order valence-corrected chi connectivity index (χ2v) is 5.64. The summed E-state index contributed by atoms with van der Waals surface area (Å²) in [5.41, 5.74) is 0.925. The first kappa shape index (κ1) is 18.8. The van der Waals surface area contributed by atoms with Gasteiger partial charge in [0.15, 0.2) is 12.4 Å². The molecule has 0 aliphatic heterocycles. The number of rotatable bonds is 6. The zero-order valence-corrected chi connectivity index (χ0v) is 14.5. The molecule has 0 saturated carbocycles. The molecular weight excluding hydrogens is 367 g/mol. The fourth-order valence-corrected chi connectivity index (χ4v) is 2.27. The van der Waals surface area contributed by atoms with Crippen LogP contribution in [0.3, 0.4) is 0 Å². The van der Waals surface area contributed by atoms with E-state index in [0.29, 0.717) is 5.69 Å². The van der Waals surface area contributed by atoms with Crippen molar-refractivity contribution >= 4 is 29.2 Å². The predicted molar refractivity (Wildman–Crippen MR) is 98.4 cm³/mol. The molecule has 0 spiro atoms. The van der Waals surface area contributed by atoms with Crippen LogP contribution in [0.4, 0.5) is 15.8 Å². The zero-order chi connectivity index (χ0) is 19.9. The molecule has 3 aromatic rings. The molecule has 8 heteroatoms. The molecule has 0 atom stereocenters. The number of carbonyl (C=O) groups excluding carboxylic acids is 3. The van der Waals surface area contributed by atoms with Crippen LogP contribution in [0.5, 0.6) is 0 Å². The van der Waals surface area contributed by atoms with Crippen molar-refractivity contribution in [1.29, 1.82) is 0 Å². The highest BCUT2D eigenvalue weighted by Gasteiger charge is 2.12. The van der Waals surface area contributed by atoms with Gasteiger partial charge in [0.25, 0.3) is 11.8 Å². The number of benzene rings is 2. The highest BCUT2D eigenvalue weighted by molar-refractivity contribution is 6.02. The first-order valence-electron chi connectivity index (χ1n) is 8.19. The Morgan fingerprint density at radius 1 is 0.929 bits per heavy atom. The van der Waals surface area contributed by atoms with Crippen LogP contribution >= 0.6 is 0 Å². The average Bonchev–Trinajstić information content (AvgIpc) is 3.22. The lowest BCUT2D eigenvalue weighted by Gasteiger charge is -2.07. The van der Waals surface area contributed by atoms with Gasteiger partial charge in [-0.25, -0.2) is 9.18 Å². The molecule has 2 aromatic carbocycles. The Hall–Kier alpha value is -3.94. The Kier molecular flexibility index (Phi) is 5.81. The van der Waals surface area contributed by atoms with E-state index in [2.05, 4.69) is 10.6 Å². The van der Waals surface area contributed by atoms with E-state index in [1.807, 2.05) is 0 Å². The molecule has 142 valence electrons. The van der Waals surface area contributed by atoms with Crippen molar-refractivity contribution in [2.24, 2.45) is 0 Å². The normalized spacial score (nSPS) is 10.2. The molecule has 0 unspecified atom stereocenters. The van der Waals surface area contributed by atoms with Crippen LogP contribution in [0, 0.1) is 5.82 Å². The second-order valence-electron chi connectivity index (χ2n) is 5.64. The molecule has 3 rings (SSSR count). The van der Waals surface area contributed by atoms with Gasteiger partial charge in [0.2, 0.25) is 0 Å². The van der Waals surface area contributed by atoms with Gasteiger partial charge in [-0.15, -0.1) is 0 Å². The summed E-state index contributed by atoms with van der Waals surface area (Å²) >= 11 is 0. The number of anilines is 2. The van der Waals surface area contributed by atoms with Gasteiger partial charge in [-0.2, -0.15) is 0 Å². The number of furan rings is 1. The van der Waals surface area contributed by atoms with Crippen LogP contribution in [0.15, 0.2) is 71.3 Å². The van der Waals surface area contributed by atoms with Crippen molar-refractivity contribution in [3.05, 3.63) is 84.1 Å². The van der Waals surface area contributed by atoms with Gasteiger partial charge >= 0.3 is 5.97 Å². The Balaban J connectivity index is 1.50. The van der Waals surface area contributed by atoms with Crippen molar-refractivity contribution in [2.75, 3.05) is 17.2 Å². The van der Waals surface area contributed by atoms with Gasteiger partial charge < -0.3 is 19.8 Å². The molecule has 0 radical (unpaired) electrons. The van der Waals surface area contributed by atoms with E-state index >= 15 is 0 Å². The number of ether oxygens (including phenoxy) is 1. The molecule has 28 heavy (non-hydrogen) atoms. The van der Waals surface area contributed by atoms with E-state index in [-0.39, 0.29) is 17.0 Å². The van der Waals surface area contributed by atoms with Gasteiger partial charge in [0.1, 0.15) is 5.82 Å². The average molecular weight is 382 g/mol. The van der Waals surface area contributed by atoms with Gasteiger partial charge in [0, 0.05) is 11.4 Å². The summed E-state index contributed by atoms with van der Waals surface area (Å²) < 4.78 is 23.0. The third-order valence-corrected chi connectivity index (χ3v) is 3.57. The molecule has 1 aromatic heterocycles. The van der Waals surface area contributed by atoms with Crippen LogP contribution in [0.2, 0.25) is 0 Å². The highest BCUT2D eigenvalue weighted by atomic mass is 19.1. The monoisotopic (exact) mass is 382 g/mol. The van der Waals surface area contributed by atoms with Gasteiger partial charge in [-0.1, -0.05) is 6.07 Å². The SMILES string of the molecule is O=C(COC(=O)c1ccc(NC(=O)c2ccco2)cc1)Nc1cccc(F)c1. The summed E-state index contributed by atoms with van der Waals surface area (Å²) in [5, 5.41) is 5.03. The Morgan fingerprint density at radius 3 is 2.39 bits per heavy atom. The number of esters is 1. The number of hydrogen-bond acceptors (Lipinski definition) is 5. The fourth-order valence-electron chi connectivity index (χ4n) is 2.27. The lowest BCUT2D eigenvalue weighted by Crippen LogP contribution is -2.21. The molecule has 0 aliphatic carbocycles. The summed E-state index contributed by atoms with van der Waals surface area (Å²) in [6, 6.07) is 14.4. The summed E-state index contributed by atoms with van der Waals surface area (Å²) in [6.45, 7) is -0.522. The van der Waals surface area contributed by atoms with Crippen molar-refractivity contribution in [3.63, 3.8) is 0 Å². The van der Waals surface area contributed by atoms with Crippen LogP contribution in [-0.2, 0) is 9.53 Å². The molecule has 0 aliphatic rings. The smallest absolute Gasteiger partial charge is 0.338 e. The summed E-state index contributed by atoms with van der Waals surface area (Å²) in [6.07, 6.45) is 1.39. The number of hydrogen-bond donors (Lipinski definition) is 2. The minimum absolute atomic E-state index is 0.160. The number of amides is 2. The molecule has 0 saturated heterocycles. The predicted octanol–water partition coefficient (Wildman–Crippen LogP) is 3.47. The van der Waals surface area contributed by atoms with Gasteiger partial charge in [0.05, 0.1) is 11.8 Å². The third kappa shape index (κ3) is 5.04. The minimum Gasteiger partial charge on any atom is -0.459 e. The Bertz CT molecular complexity index is 984. The van der Waals surface area contributed by atoms with Crippen LogP contribution in [-0.4, -0.2) is 24.4 Å². The molecule has 1 heterocycles. The zero-order valence-electron chi connectivity index (χ0n) is 14.5. The third-order valence-electron chi connectivity index (χ3n) is 3.57. The highest BCUT2D eigenvalue weighted by Crippen LogP contribution is 2.13. The first-order valence-corrected chi connectivity index (χ1v) is 8.19. The molecule has 0 fully saturated rings. The van der Waals surface area contributed by atoms with Gasteiger partial charge in [-0.3, -0.25) is 9.59 Å². The lowest BCUT2D eigenvalue weighted by atomic mass is 10.2. The number of nitrogens with one attached hydrogen (secondary N) is 2. The molecule has 7 nitrogen and oxygen atoms in total. The number of halogens is 1. The van der Waals surface area contributed by atoms with E-state index in [1.54, 1.807) is 6.07 Å². The molecule has 2 amide bonds. The number of carbonyl (C=O) groups is 3. The van der Waals surface area contributed by atoms with E-state index in [1.165, 1.54) is 54.8 Å². The standard InChI is InChI=1S/C20H15FN2O5/c21-14-3-1-4-16(11-14)22-18(24)12-28-20(26)13-6-8-15(9-7-13)23-19(25)17-5-2-10-27-17/h1-11H,12H2,(H,22,24)(H,23,25). The van der Waals surface area contributed by atoms with Gasteiger partial charge in [-0.05, 0) is 54.6 Å². The van der Waals surface area contributed by atoms with Crippen LogP contribution in [0.25, 0.3) is 0 Å². The molecule has 0 bridgehead atoms. The van der Waals surface area contributed by atoms with E-state index in [4.69, 9.17) is 9.15 Å². The largest absolute Gasteiger partial charge is 0.459 e. The minimum atomic E-state index is -0.710. The maximum Gasteiger partial charge on any atom is 0.338 e. The molecular formula is C20H15FN2O5. The summed E-state index contributed by atoms with van der Waals surface area (Å²) in [4.78, 5) is 35.7. The lowest BCUT2D eigenvalue weighted by molar-refractivity contribution is -0.119. The van der Waals surface area contributed by atoms with Crippen LogP contribution < -0.4 is 10.6 Å². The Labute approximate surface area is 159 Å². The summed E-state index contributed by atoms with van der Waals surface area (Å²) in [5.74, 6) is -2.06. The maximum atomic E-state index is 13.1. The van der Waals surface area contributed by atoms with Crippen LogP contribution in [0.1, 0.15) is 20.9 Å². The maximum absolute atomic E-state index is 13.1. The van der Waals surface area contributed by atoms with Crippen molar-refractivity contribution in [2.45, 2.75) is 0 Å². The second kappa shape index (κ2) is 8.63.